The zero-order valence-electron chi connectivity index (χ0n) is 10.5. The number of hydrogen-bond donors (Lipinski definition) is 2. The van der Waals surface area contributed by atoms with Gasteiger partial charge >= 0.3 is 0 Å². The maximum Gasteiger partial charge on any atom is 0.0709 e. The highest BCUT2D eigenvalue weighted by molar-refractivity contribution is 5.55. The summed E-state index contributed by atoms with van der Waals surface area (Å²) in [4.78, 5) is 2.42. The van der Waals surface area contributed by atoms with Crippen LogP contribution in [0.2, 0.25) is 0 Å². The molecule has 0 aromatic heterocycles. The third-order valence-electron chi connectivity index (χ3n) is 3.35. The third-order valence-corrected chi connectivity index (χ3v) is 3.35. The number of rotatable bonds is 5. The molecule has 1 fully saturated rings. The van der Waals surface area contributed by atoms with Gasteiger partial charge in [0.05, 0.1) is 6.10 Å². The first kappa shape index (κ1) is 12.2. The quantitative estimate of drug-likeness (QED) is 0.821. The fourth-order valence-electron chi connectivity index (χ4n) is 2.15. The van der Waals surface area contributed by atoms with Gasteiger partial charge in [-0.2, -0.15) is 0 Å². The predicted molar refractivity (Wildman–Crippen MR) is 72.7 cm³/mol. The molecule has 0 saturated carbocycles. The van der Waals surface area contributed by atoms with Gasteiger partial charge in [0.1, 0.15) is 0 Å². The van der Waals surface area contributed by atoms with Crippen LogP contribution in [-0.2, 0) is 0 Å². The van der Waals surface area contributed by atoms with Gasteiger partial charge in [0.15, 0.2) is 0 Å². The monoisotopic (exact) mass is 234 g/mol. The van der Waals surface area contributed by atoms with E-state index in [-0.39, 0.29) is 6.10 Å². The van der Waals surface area contributed by atoms with Crippen molar-refractivity contribution in [3.05, 3.63) is 24.3 Å². The van der Waals surface area contributed by atoms with Crippen LogP contribution in [0.1, 0.15) is 26.2 Å². The number of nitrogens with zero attached hydrogens (tertiary/aromatic N) is 1. The summed E-state index contributed by atoms with van der Waals surface area (Å²) in [5.74, 6) is 0. The molecule has 1 aliphatic heterocycles. The summed E-state index contributed by atoms with van der Waals surface area (Å²) < 4.78 is 0. The van der Waals surface area contributed by atoms with E-state index in [4.69, 9.17) is 0 Å². The minimum absolute atomic E-state index is 0.256. The van der Waals surface area contributed by atoms with Gasteiger partial charge in [-0.1, -0.05) is 6.92 Å². The molecule has 17 heavy (non-hydrogen) atoms. The predicted octanol–water partition coefficient (Wildman–Crippen LogP) is 2.47. The summed E-state index contributed by atoms with van der Waals surface area (Å²) in [5.41, 5.74) is 2.39. The Kier molecular flexibility index (Phi) is 4.26. The Hall–Kier alpha value is -1.22. The highest BCUT2D eigenvalue weighted by Crippen LogP contribution is 2.21. The zero-order chi connectivity index (χ0) is 12.1. The lowest BCUT2D eigenvalue weighted by Gasteiger charge is -2.18. The van der Waals surface area contributed by atoms with Crippen molar-refractivity contribution in [3.63, 3.8) is 0 Å². The molecular weight excluding hydrogens is 212 g/mol. The van der Waals surface area contributed by atoms with Gasteiger partial charge in [-0.05, 0) is 43.5 Å². The van der Waals surface area contributed by atoms with Crippen molar-refractivity contribution in [2.75, 3.05) is 29.9 Å². The van der Waals surface area contributed by atoms with Crippen molar-refractivity contribution in [2.24, 2.45) is 0 Å². The van der Waals surface area contributed by atoms with E-state index in [0.717, 1.165) is 12.1 Å². The maximum atomic E-state index is 9.48. The van der Waals surface area contributed by atoms with Crippen molar-refractivity contribution in [1.29, 1.82) is 0 Å². The van der Waals surface area contributed by atoms with Crippen molar-refractivity contribution >= 4 is 11.4 Å². The first-order chi connectivity index (χ1) is 8.29. The Bertz CT molecular complexity index is 331. The fraction of sp³-hybridized carbons (Fsp3) is 0.571. The van der Waals surface area contributed by atoms with Crippen LogP contribution in [-0.4, -0.2) is 30.8 Å². The Balaban J connectivity index is 1.88. The van der Waals surface area contributed by atoms with Gasteiger partial charge in [-0.25, -0.2) is 0 Å². The van der Waals surface area contributed by atoms with Crippen molar-refractivity contribution in [3.8, 4) is 0 Å². The Morgan fingerprint density at radius 3 is 2.47 bits per heavy atom. The topological polar surface area (TPSA) is 35.5 Å². The fourth-order valence-corrected chi connectivity index (χ4v) is 2.15. The Labute approximate surface area is 103 Å². The van der Waals surface area contributed by atoms with Crippen molar-refractivity contribution in [1.82, 2.24) is 0 Å². The molecule has 0 spiro atoms. The Morgan fingerprint density at radius 2 is 1.88 bits per heavy atom. The number of hydrogen-bond acceptors (Lipinski definition) is 3. The number of benzene rings is 1. The van der Waals surface area contributed by atoms with Gasteiger partial charge in [-0.15, -0.1) is 0 Å². The number of nitrogens with one attached hydrogen (secondary N) is 1. The zero-order valence-corrected chi connectivity index (χ0v) is 10.5. The summed E-state index contributed by atoms with van der Waals surface area (Å²) in [5, 5.41) is 12.7. The minimum atomic E-state index is -0.256. The molecule has 2 N–H and O–H groups in total. The van der Waals surface area contributed by atoms with Gasteiger partial charge in [0.2, 0.25) is 0 Å². The third kappa shape index (κ3) is 3.37. The molecule has 0 amide bonds. The molecule has 1 heterocycles. The molecule has 1 aromatic rings. The van der Waals surface area contributed by atoms with Crippen LogP contribution >= 0.6 is 0 Å². The summed E-state index contributed by atoms with van der Waals surface area (Å²) >= 11 is 0. The van der Waals surface area contributed by atoms with Gasteiger partial charge < -0.3 is 15.3 Å². The molecule has 1 aliphatic rings. The Morgan fingerprint density at radius 1 is 1.24 bits per heavy atom. The van der Waals surface area contributed by atoms with Crippen LogP contribution in [0.15, 0.2) is 24.3 Å². The molecule has 2 rings (SSSR count). The number of anilines is 2. The average Bonchev–Trinajstić information content (AvgIpc) is 2.90. The molecule has 0 radical (unpaired) electrons. The lowest BCUT2D eigenvalue weighted by Crippen LogP contribution is -2.19. The molecular formula is C14H22N2O. The van der Waals surface area contributed by atoms with E-state index in [9.17, 15) is 5.11 Å². The van der Waals surface area contributed by atoms with Gasteiger partial charge in [0.25, 0.3) is 0 Å². The normalized spacial score (nSPS) is 17.2. The summed E-state index contributed by atoms with van der Waals surface area (Å²) in [6.07, 6.45) is 3.15. The van der Waals surface area contributed by atoms with Gasteiger partial charge in [-0.3, -0.25) is 0 Å². The van der Waals surface area contributed by atoms with Crippen LogP contribution < -0.4 is 10.2 Å². The molecule has 1 atom stereocenters. The van der Waals surface area contributed by atoms with Gasteiger partial charge in [0, 0.05) is 31.0 Å². The first-order valence-corrected chi connectivity index (χ1v) is 6.56. The average molecular weight is 234 g/mol. The van der Waals surface area contributed by atoms with Crippen LogP contribution in [0.25, 0.3) is 0 Å². The molecule has 1 unspecified atom stereocenters. The molecule has 0 bridgehead atoms. The summed E-state index contributed by atoms with van der Waals surface area (Å²) in [6.45, 7) is 4.98. The molecule has 0 aliphatic carbocycles. The van der Waals surface area contributed by atoms with Crippen LogP contribution in [0.5, 0.6) is 0 Å². The SMILES string of the molecule is CCC(O)CNc1ccc(N2CCCC2)cc1. The van der Waals surface area contributed by atoms with E-state index < -0.39 is 0 Å². The van der Waals surface area contributed by atoms with Crippen molar-refractivity contribution < 1.29 is 5.11 Å². The number of aliphatic hydroxyl groups excluding tert-OH is 1. The highest BCUT2D eigenvalue weighted by Gasteiger charge is 2.11. The molecule has 1 aromatic carbocycles. The van der Waals surface area contributed by atoms with E-state index in [1.807, 2.05) is 6.92 Å². The second-order valence-corrected chi connectivity index (χ2v) is 4.68. The number of aliphatic hydroxyl groups is 1. The molecule has 3 heteroatoms. The second-order valence-electron chi connectivity index (χ2n) is 4.68. The molecule has 1 saturated heterocycles. The highest BCUT2D eigenvalue weighted by atomic mass is 16.3. The molecule has 3 nitrogen and oxygen atoms in total. The van der Waals surface area contributed by atoms with E-state index in [2.05, 4.69) is 34.5 Å². The van der Waals surface area contributed by atoms with E-state index in [0.29, 0.717) is 6.54 Å². The lowest BCUT2D eigenvalue weighted by molar-refractivity contribution is 0.183. The van der Waals surface area contributed by atoms with Crippen LogP contribution in [0.3, 0.4) is 0 Å². The largest absolute Gasteiger partial charge is 0.391 e. The second kappa shape index (κ2) is 5.92. The van der Waals surface area contributed by atoms with E-state index >= 15 is 0 Å². The first-order valence-electron chi connectivity index (χ1n) is 6.56. The lowest BCUT2D eigenvalue weighted by atomic mass is 10.2. The van der Waals surface area contributed by atoms with Crippen molar-refractivity contribution in [2.45, 2.75) is 32.3 Å². The summed E-state index contributed by atoms with van der Waals surface area (Å²) in [6, 6.07) is 8.50. The van der Waals surface area contributed by atoms with Crippen LogP contribution in [0, 0.1) is 0 Å². The van der Waals surface area contributed by atoms with E-state index in [1.165, 1.54) is 31.6 Å². The summed E-state index contributed by atoms with van der Waals surface area (Å²) in [7, 11) is 0. The van der Waals surface area contributed by atoms with Crippen LogP contribution in [0.4, 0.5) is 11.4 Å². The van der Waals surface area contributed by atoms with E-state index in [1.54, 1.807) is 0 Å². The maximum absolute atomic E-state index is 9.48. The minimum Gasteiger partial charge on any atom is -0.391 e. The smallest absolute Gasteiger partial charge is 0.0709 e. The standard InChI is InChI=1S/C14H22N2O/c1-2-14(17)11-15-12-5-7-13(8-6-12)16-9-3-4-10-16/h5-8,14-15,17H,2-4,9-11H2,1H3. The molecule has 94 valence electrons.